The molecule has 0 aliphatic carbocycles. The van der Waals surface area contributed by atoms with Crippen molar-refractivity contribution in [1.29, 1.82) is 0 Å². The van der Waals surface area contributed by atoms with E-state index >= 15 is 0 Å². The maximum Gasteiger partial charge on any atom is 0.321 e. The number of nitrogens with zero attached hydrogens (tertiary/aromatic N) is 1. The van der Waals surface area contributed by atoms with Gasteiger partial charge in [0.25, 0.3) is 0 Å². The fourth-order valence-corrected chi connectivity index (χ4v) is 1.31. The minimum atomic E-state index is 0.00389. The average molecular weight is 226 g/mol. The summed E-state index contributed by atoms with van der Waals surface area (Å²) in [7, 11) is 0. The van der Waals surface area contributed by atoms with Crippen molar-refractivity contribution < 1.29 is 4.79 Å². The molecule has 0 atom stereocenters. The van der Waals surface area contributed by atoms with Gasteiger partial charge in [0, 0.05) is 19.3 Å². The summed E-state index contributed by atoms with van der Waals surface area (Å²) in [6.07, 6.45) is 5.74. The normalized spacial score (nSPS) is 11.8. The Morgan fingerprint density at radius 3 is 2.06 bits per heavy atom. The van der Waals surface area contributed by atoms with E-state index in [0.29, 0.717) is 0 Å². The van der Waals surface area contributed by atoms with Crippen LogP contribution in [0.25, 0.3) is 0 Å². The quantitative estimate of drug-likeness (QED) is 0.766. The summed E-state index contributed by atoms with van der Waals surface area (Å²) < 4.78 is 0. The van der Waals surface area contributed by atoms with E-state index in [4.69, 9.17) is 0 Å². The van der Waals surface area contributed by atoms with Gasteiger partial charge in [0.2, 0.25) is 0 Å². The monoisotopic (exact) mass is 226 g/mol. The highest BCUT2D eigenvalue weighted by Crippen LogP contribution is 2.13. The molecule has 0 fully saturated rings. The summed E-state index contributed by atoms with van der Waals surface area (Å²) in [5.74, 6) is 0. The van der Waals surface area contributed by atoms with Gasteiger partial charge in [-0.05, 0) is 18.3 Å². The van der Waals surface area contributed by atoms with Crippen LogP contribution in [0.4, 0.5) is 4.79 Å². The maximum absolute atomic E-state index is 11.8. The summed E-state index contributed by atoms with van der Waals surface area (Å²) in [5.41, 5.74) is 0.105. The molecule has 0 bridgehead atoms. The van der Waals surface area contributed by atoms with Crippen LogP contribution < -0.4 is 5.32 Å². The van der Waals surface area contributed by atoms with Gasteiger partial charge in [-0.2, -0.15) is 0 Å². The smallest absolute Gasteiger partial charge is 0.321 e. The largest absolute Gasteiger partial charge is 0.325 e. The lowest BCUT2D eigenvalue weighted by Gasteiger charge is -2.21. The summed E-state index contributed by atoms with van der Waals surface area (Å²) >= 11 is 0. The van der Waals surface area contributed by atoms with Crippen molar-refractivity contribution in [3.05, 3.63) is 12.3 Å². The molecule has 0 aromatic rings. The molecular weight excluding hydrogens is 200 g/mol. The van der Waals surface area contributed by atoms with Gasteiger partial charge in [-0.1, -0.05) is 40.7 Å². The van der Waals surface area contributed by atoms with E-state index in [1.807, 2.05) is 11.0 Å². The highest BCUT2D eigenvalue weighted by atomic mass is 16.2. The van der Waals surface area contributed by atoms with Crippen molar-refractivity contribution in [1.82, 2.24) is 10.2 Å². The first-order valence-corrected chi connectivity index (χ1v) is 6.14. The first-order chi connectivity index (χ1) is 7.40. The van der Waals surface area contributed by atoms with Crippen LogP contribution in [-0.4, -0.2) is 24.0 Å². The van der Waals surface area contributed by atoms with Crippen molar-refractivity contribution in [2.45, 2.75) is 47.5 Å². The van der Waals surface area contributed by atoms with Crippen LogP contribution in [0.1, 0.15) is 47.5 Å². The lowest BCUT2D eigenvalue weighted by atomic mass is 9.97. The molecule has 0 aromatic carbocycles. The second-order valence-corrected chi connectivity index (χ2v) is 5.14. The molecule has 2 amide bonds. The third-order valence-electron chi connectivity index (χ3n) is 2.06. The standard InChI is InChI=1S/C13H26N2O/c1-6-10-15(11-7-2)12(16)14-9-8-13(3,4)5/h8-9H,6-7,10-11H2,1-5H3,(H,14,16)/b9-8+. The number of nitrogens with one attached hydrogen (secondary N) is 1. The van der Waals surface area contributed by atoms with Gasteiger partial charge in [-0.15, -0.1) is 0 Å². The van der Waals surface area contributed by atoms with Crippen molar-refractivity contribution in [3.63, 3.8) is 0 Å². The number of hydrogen-bond donors (Lipinski definition) is 1. The Balaban J connectivity index is 4.15. The molecule has 94 valence electrons. The van der Waals surface area contributed by atoms with Crippen molar-refractivity contribution in [2.24, 2.45) is 5.41 Å². The number of carbonyl (C=O) groups excluding carboxylic acids is 1. The third kappa shape index (κ3) is 7.32. The summed E-state index contributed by atoms with van der Waals surface area (Å²) in [5, 5.41) is 2.82. The second-order valence-electron chi connectivity index (χ2n) is 5.14. The van der Waals surface area contributed by atoms with Crippen molar-refractivity contribution in [2.75, 3.05) is 13.1 Å². The maximum atomic E-state index is 11.8. The van der Waals surface area contributed by atoms with E-state index in [-0.39, 0.29) is 11.4 Å². The van der Waals surface area contributed by atoms with Gasteiger partial charge in [-0.25, -0.2) is 4.79 Å². The highest BCUT2D eigenvalue weighted by molar-refractivity contribution is 5.75. The number of allylic oxidation sites excluding steroid dienone is 1. The van der Waals surface area contributed by atoms with E-state index in [0.717, 1.165) is 25.9 Å². The molecule has 0 heterocycles. The molecular formula is C13H26N2O. The Hall–Kier alpha value is -0.990. The van der Waals surface area contributed by atoms with Crippen LogP contribution in [0.5, 0.6) is 0 Å². The zero-order valence-corrected chi connectivity index (χ0v) is 11.3. The molecule has 0 aliphatic heterocycles. The SMILES string of the molecule is CCCN(CCC)C(=O)N/C=C/C(C)(C)C. The Kier molecular flexibility index (Phi) is 6.86. The predicted octanol–water partition coefficient (Wildman–Crippen LogP) is 3.38. The Morgan fingerprint density at radius 2 is 1.69 bits per heavy atom. The second kappa shape index (κ2) is 7.31. The Morgan fingerprint density at radius 1 is 1.19 bits per heavy atom. The van der Waals surface area contributed by atoms with E-state index < -0.39 is 0 Å². The molecule has 0 aliphatic rings. The molecule has 0 rings (SSSR count). The van der Waals surface area contributed by atoms with Gasteiger partial charge in [0.15, 0.2) is 0 Å². The topological polar surface area (TPSA) is 32.3 Å². The van der Waals surface area contributed by atoms with E-state index in [2.05, 4.69) is 39.9 Å². The molecule has 0 unspecified atom stereocenters. The Labute approximate surface area is 99.9 Å². The fraction of sp³-hybridized carbons (Fsp3) is 0.769. The molecule has 0 spiro atoms. The molecule has 1 N–H and O–H groups in total. The molecule has 3 nitrogen and oxygen atoms in total. The number of amides is 2. The van der Waals surface area contributed by atoms with Gasteiger partial charge in [0.05, 0.1) is 0 Å². The van der Waals surface area contributed by atoms with Crippen LogP contribution in [0, 0.1) is 5.41 Å². The van der Waals surface area contributed by atoms with Crippen LogP contribution in [0.2, 0.25) is 0 Å². The summed E-state index contributed by atoms with van der Waals surface area (Å²) in [6, 6.07) is 0.00389. The van der Waals surface area contributed by atoms with Crippen LogP contribution in [0.15, 0.2) is 12.3 Å². The predicted molar refractivity (Wildman–Crippen MR) is 69.3 cm³/mol. The molecule has 0 saturated carbocycles. The Bertz CT molecular complexity index is 223. The molecule has 3 heteroatoms. The fourth-order valence-electron chi connectivity index (χ4n) is 1.31. The van der Waals surface area contributed by atoms with Gasteiger partial charge >= 0.3 is 6.03 Å². The minimum Gasteiger partial charge on any atom is -0.325 e. The number of hydrogen-bond acceptors (Lipinski definition) is 1. The lowest BCUT2D eigenvalue weighted by Crippen LogP contribution is -2.38. The van der Waals surface area contributed by atoms with Crippen LogP contribution in [0.3, 0.4) is 0 Å². The molecule has 0 saturated heterocycles. The summed E-state index contributed by atoms with van der Waals surface area (Å²) in [4.78, 5) is 13.6. The van der Waals surface area contributed by atoms with Gasteiger partial charge in [0.1, 0.15) is 0 Å². The van der Waals surface area contributed by atoms with Crippen LogP contribution >= 0.6 is 0 Å². The molecule has 0 aromatic heterocycles. The first-order valence-electron chi connectivity index (χ1n) is 6.14. The van der Waals surface area contributed by atoms with E-state index in [1.54, 1.807) is 6.20 Å². The van der Waals surface area contributed by atoms with Crippen molar-refractivity contribution in [3.8, 4) is 0 Å². The molecule has 0 radical (unpaired) electrons. The van der Waals surface area contributed by atoms with Crippen molar-refractivity contribution >= 4 is 6.03 Å². The van der Waals surface area contributed by atoms with Gasteiger partial charge < -0.3 is 10.2 Å². The van der Waals surface area contributed by atoms with Gasteiger partial charge in [-0.3, -0.25) is 0 Å². The van der Waals surface area contributed by atoms with E-state index in [1.165, 1.54) is 0 Å². The first kappa shape index (κ1) is 15.0. The van der Waals surface area contributed by atoms with Crippen LogP contribution in [-0.2, 0) is 0 Å². The summed E-state index contributed by atoms with van der Waals surface area (Å²) in [6.45, 7) is 12.1. The highest BCUT2D eigenvalue weighted by Gasteiger charge is 2.10. The third-order valence-corrected chi connectivity index (χ3v) is 2.06. The number of urea groups is 1. The number of rotatable bonds is 5. The molecule has 16 heavy (non-hydrogen) atoms. The zero-order valence-electron chi connectivity index (χ0n) is 11.3. The lowest BCUT2D eigenvalue weighted by molar-refractivity contribution is 0.201. The van der Waals surface area contributed by atoms with E-state index in [9.17, 15) is 4.79 Å². The number of carbonyl (C=O) groups is 1. The average Bonchev–Trinajstić information content (AvgIpc) is 2.15. The minimum absolute atomic E-state index is 0.00389. The zero-order chi connectivity index (χ0) is 12.6.